The summed E-state index contributed by atoms with van der Waals surface area (Å²) in [7, 11) is 1.49. The van der Waals surface area contributed by atoms with Gasteiger partial charge in [-0.1, -0.05) is 0 Å². The number of fused-ring (bicyclic) bond motifs is 1. The van der Waals surface area contributed by atoms with E-state index in [1.165, 1.54) is 7.11 Å². The van der Waals surface area contributed by atoms with Crippen molar-refractivity contribution in [2.75, 3.05) is 20.7 Å². The van der Waals surface area contributed by atoms with Crippen molar-refractivity contribution < 1.29 is 28.1 Å². The second-order valence-electron chi connectivity index (χ2n) is 3.64. The molecule has 0 unspecified atom stereocenters. The van der Waals surface area contributed by atoms with Crippen molar-refractivity contribution in [2.24, 2.45) is 0 Å². The van der Waals surface area contributed by atoms with Gasteiger partial charge in [0.05, 0.1) is 6.10 Å². The topological polar surface area (TPSA) is 54.0 Å². The van der Waals surface area contributed by atoms with Gasteiger partial charge in [-0.05, 0) is 0 Å². The van der Waals surface area contributed by atoms with Gasteiger partial charge >= 0.3 is 0 Å². The van der Waals surface area contributed by atoms with Gasteiger partial charge in [0, 0.05) is 19.1 Å². The zero-order valence-electron chi connectivity index (χ0n) is 8.85. The smallest absolute Gasteiger partial charge is 0.148 e. The lowest BCUT2D eigenvalue weighted by molar-refractivity contribution is -0.123. The molecular formula is C10H13FO5. The van der Waals surface area contributed by atoms with Crippen molar-refractivity contribution >= 4 is 6.29 Å². The average molecular weight is 232 g/mol. The molecule has 5 nitrogen and oxygen atoms in total. The minimum atomic E-state index is -0.823. The van der Waals surface area contributed by atoms with Gasteiger partial charge in [0.25, 0.3) is 0 Å². The van der Waals surface area contributed by atoms with Crippen LogP contribution in [0.2, 0.25) is 0 Å². The maximum Gasteiger partial charge on any atom is 0.148 e. The number of halogens is 1. The van der Waals surface area contributed by atoms with Crippen LogP contribution < -0.4 is 0 Å². The van der Waals surface area contributed by atoms with Crippen molar-refractivity contribution in [3.63, 3.8) is 0 Å². The van der Waals surface area contributed by atoms with Crippen LogP contribution in [-0.4, -0.2) is 45.3 Å². The number of rotatable bonds is 4. The molecule has 0 aromatic carbocycles. The zero-order valence-corrected chi connectivity index (χ0v) is 8.85. The first-order valence-corrected chi connectivity index (χ1v) is 4.95. The summed E-state index contributed by atoms with van der Waals surface area (Å²) in [5.41, 5.74) is 0.0767. The van der Waals surface area contributed by atoms with Gasteiger partial charge in [0.1, 0.15) is 37.9 Å². The summed E-state index contributed by atoms with van der Waals surface area (Å²) >= 11 is 0. The molecule has 0 N–H and O–H groups in total. The predicted molar refractivity (Wildman–Crippen MR) is 50.2 cm³/mol. The molecule has 6 heteroatoms. The molecule has 1 aliphatic carbocycles. The SMILES string of the molecule is COCO[C@@H]1CC(C=O)=C(F)[C@H]2OCO[C@H]21. The van der Waals surface area contributed by atoms with Crippen molar-refractivity contribution in [2.45, 2.75) is 24.7 Å². The van der Waals surface area contributed by atoms with E-state index in [2.05, 4.69) is 0 Å². The highest BCUT2D eigenvalue weighted by molar-refractivity contribution is 5.75. The number of aldehydes is 1. The fourth-order valence-electron chi connectivity index (χ4n) is 1.92. The standard InChI is InChI=1S/C10H13FO5/c1-13-4-14-7-2-6(3-12)8(11)10-9(7)15-5-16-10/h3,7,9-10H,2,4-5H2,1H3/t7-,9+,10-/m1/s1. The van der Waals surface area contributed by atoms with Gasteiger partial charge < -0.3 is 18.9 Å². The van der Waals surface area contributed by atoms with Gasteiger partial charge in [-0.25, -0.2) is 4.39 Å². The fraction of sp³-hybridized carbons (Fsp3) is 0.700. The Balaban J connectivity index is 2.14. The Morgan fingerprint density at radius 1 is 1.56 bits per heavy atom. The molecule has 0 aromatic rings. The predicted octanol–water partition coefficient (Wildman–Crippen LogP) is 0.543. The molecule has 0 saturated carbocycles. The number of methoxy groups -OCH3 is 1. The molecule has 1 heterocycles. The molecule has 1 fully saturated rings. The minimum absolute atomic E-state index is 0.0156. The van der Waals surface area contributed by atoms with Crippen LogP contribution in [-0.2, 0) is 23.7 Å². The number of ether oxygens (including phenoxy) is 4. The lowest BCUT2D eigenvalue weighted by Crippen LogP contribution is -2.42. The van der Waals surface area contributed by atoms with E-state index >= 15 is 0 Å². The summed E-state index contributed by atoms with van der Waals surface area (Å²) < 4.78 is 34.1. The van der Waals surface area contributed by atoms with Gasteiger partial charge in [0.2, 0.25) is 0 Å². The van der Waals surface area contributed by atoms with Crippen LogP contribution in [0.5, 0.6) is 0 Å². The summed E-state index contributed by atoms with van der Waals surface area (Å²) in [5, 5.41) is 0. The summed E-state index contributed by atoms with van der Waals surface area (Å²) in [6, 6.07) is 0. The van der Waals surface area contributed by atoms with Crippen molar-refractivity contribution in [3.8, 4) is 0 Å². The van der Waals surface area contributed by atoms with E-state index in [9.17, 15) is 9.18 Å². The third-order valence-corrected chi connectivity index (χ3v) is 2.69. The van der Waals surface area contributed by atoms with E-state index in [0.717, 1.165) is 0 Å². The Hall–Kier alpha value is -0.820. The van der Waals surface area contributed by atoms with E-state index in [1.807, 2.05) is 0 Å². The maximum atomic E-state index is 13.7. The van der Waals surface area contributed by atoms with Crippen LogP contribution in [0.15, 0.2) is 11.4 Å². The van der Waals surface area contributed by atoms with Crippen molar-refractivity contribution in [1.82, 2.24) is 0 Å². The minimum Gasteiger partial charge on any atom is -0.359 e. The Morgan fingerprint density at radius 2 is 2.38 bits per heavy atom. The molecule has 0 bridgehead atoms. The van der Waals surface area contributed by atoms with Crippen LogP contribution in [0.1, 0.15) is 6.42 Å². The van der Waals surface area contributed by atoms with Crippen LogP contribution in [0.3, 0.4) is 0 Å². The second kappa shape index (κ2) is 5.01. The molecule has 90 valence electrons. The molecule has 1 saturated heterocycles. The van der Waals surface area contributed by atoms with Crippen molar-refractivity contribution in [3.05, 3.63) is 11.4 Å². The monoisotopic (exact) mass is 232 g/mol. The lowest BCUT2D eigenvalue weighted by Gasteiger charge is -2.30. The quantitative estimate of drug-likeness (QED) is 0.523. The molecule has 16 heavy (non-hydrogen) atoms. The number of hydrogen-bond donors (Lipinski definition) is 0. The third-order valence-electron chi connectivity index (χ3n) is 2.69. The first kappa shape index (κ1) is 11.7. The molecule has 0 amide bonds. The highest BCUT2D eigenvalue weighted by Crippen LogP contribution is 2.34. The summed E-state index contributed by atoms with van der Waals surface area (Å²) in [4.78, 5) is 10.7. The first-order chi connectivity index (χ1) is 7.77. The number of carbonyl (C=O) groups excluding carboxylic acids is 1. The Morgan fingerprint density at radius 3 is 3.06 bits per heavy atom. The summed E-state index contributed by atoms with van der Waals surface area (Å²) in [5.74, 6) is -0.547. The van der Waals surface area contributed by atoms with E-state index in [-0.39, 0.29) is 25.6 Å². The van der Waals surface area contributed by atoms with Crippen LogP contribution in [0, 0.1) is 0 Å². The summed E-state index contributed by atoms with van der Waals surface area (Å²) in [6.45, 7) is 0.0900. The van der Waals surface area contributed by atoms with E-state index in [0.29, 0.717) is 6.29 Å². The average Bonchev–Trinajstić information content (AvgIpc) is 2.78. The first-order valence-electron chi connectivity index (χ1n) is 4.95. The van der Waals surface area contributed by atoms with E-state index < -0.39 is 24.1 Å². The van der Waals surface area contributed by atoms with Crippen LogP contribution in [0.25, 0.3) is 0 Å². The zero-order chi connectivity index (χ0) is 11.5. The molecule has 0 radical (unpaired) electrons. The second-order valence-corrected chi connectivity index (χ2v) is 3.64. The fourth-order valence-corrected chi connectivity index (χ4v) is 1.92. The Kier molecular flexibility index (Phi) is 3.65. The van der Waals surface area contributed by atoms with Crippen molar-refractivity contribution in [1.29, 1.82) is 0 Å². The Bertz CT molecular complexity index is 304. The van der Waals surface area contributed by atoms with Crippen LogP contribution in [0.4, 0.5) is 4.39 Å². The van der Waals surface area contributed by atoms with Gasteiger partial charge in [0.15, 0.2) is 0 Å². The normalized spacial score (nSPS) is 34.0. The molecule has 0 aromatic heterocycles. The molecule has 2 aliphatic rings. The van der Waals surface area contributed by atoms with Gasteiger partial charge in [-0.15, -0.1) is 0 Å². The molecular weight excluding hydrogens is 219 g/mol. The molecule has 0 spiro atoms. The van der Waals surface area contributed by atoms with Crippen LogP contribution >= 0.6 is 0 Å². The molecule has 2 rings (SSSR count). The van der Waals surface area contributed by atoms with Gasteiger partial charge in [-0.3, -0.25) is 4.79 Å². The number of carbonyl (C=O) groups is 1. The van der Waals surface area contributed by atoms with E-state index in [4.69, 9.17) is 18.9 Å². The highest BCUT2D eigenvalue weighted by Gasteiger charge is 2.44. The maximum absolute atomic E-state index is 13.7. The van der Waals surface area contributed by atoms with Gasteiger partial charge in [-0.2, -0.15) is 0 Å². The summed E-state index contributed by atoms with van der Waals surface area (Å²) in [6.07, 6.45) is -1.05. The third kappa shape index (κ3) is 2.01. The lowest BCUT2D eigenvalue weighted by atomic mass is 9.92. The Labute approximate surface area is 92.1 Å². The molecule has 1 aliphatic heterocycles. The number of hydrogen-bond acceptors (Lipinski definition) is 5. The largest absolute Gasteiger partial charge is 0.359 e. The molecule has 3 atom stereocenters. The van der Waals surface area contributed by atoms with E-state index in [1.54, 1.807) is 0 Å². The highest BCUT2D eigenvalue weighted by atomic mass is 19.1.